The number of piperidine rings is 1. The summed E-state index contributed by atoms with van der Waals surface area (Å²) in [5, 5.41) is 11.5. The van der Waals surface area contributed by atoms with Crippen molar-refractivity contribution in [1.82, 2.24) is 15.5 Å². The molecule has 1 aromatic heterocycles. The molecule has 1 saturated heterocycles. The van der Waals surface area contributed by atoms with Gasteiger partial charge in [0.1, 0.15) is 0 Å². The molecule has 0 amide bonds. The second-order valence-corrected chi connectivity index (χ2v) is 5.05. The van der Waals surface area contributed by atoms with Crippen molar-refractivity contribution in [2.24, 2.45) is 5.92 Å². The smallest absolute Gasteiger partial charge is 0.318 e. The molecule has 17 heavy (non-hydrogen) atoms. The normalized spacial score (nSPS) is 16.8. The van der Waals surface area contributed by atoms with E-state index in [0.717, 1.165) is 19.6 Å². The molecule has 96 valence electrons. The second kappa shape index (κ2) is 6.00. The molecule has 2 rings (SSSR count). The molecule has 0 saturated carbocycles. The first-order chi connectivity index (χ1) is 8.25. The quantitative estimate of drug-likeness (QED) is 0.847. The SMILES string of the molecule is CC(C)CNCc1nnc(N2CCCCC2)o1. The molecular formula is C12H22N4O. The summed E-state index contributed by atoms with van der Waals surface area (Å²) in [5.41, 5.74) is 0. The molecule has 0 radical (unpaired) electrons. The van der Waals surface area contributed by atoms with Crippen molar-refractivity contribution in [3.8, 4) is 0 Å². The summed E-state index contributed by atoms with van der Waals surface area (Å²) in [4.78, 5) is 2.18. The summed E-state index contributed by atoms with van der Waals surface area (Å²) < 4.78 is 5.65. The fourth-order valence-electron chi connectivity index (χ4n) is 2.00. The van der Waals surface area contributed by atoms with Crippen LogP contribution >= 0.6 is 0 Å². The van der Waals surface area contributed by atoms with Crippen LogP contribution < -0.4 is 10.2 Å². The maximum atomic E-state index is 5.65. The van der Waals surface area contributed by atoms with Crippen molar-refractivity contribution >= 4 is 6.01 Å². The largest absolute Gasteiger partial charge is 0.407 e. The summed E-state index contributed by atoms with van der Waals surface area (Å²) in [6.45, 7) is 8.09. The number of nitrogens with zero attached hydrogens (tertiary/aromatic N) is 3. The number of nitrogens with one attached hydrogen (secondary N) is 1. The number of rotatable bonds is 5. The molecule has 5 heteroatoms. The van der Waals surface area contributed by atoms with Crippen LogP contribution in [0.15, 0.2) is 4.42 Å². The van der Waals surface area contributed by atoms with Gasteiger partial charge in [-0.15, -0.1) is 5.10 Å². The Hall–Kier alpha value is -1.10. The van der Waals surface area contributed by atoms with Gasteiger partial charge in [0.2, 0.25) is 5.89 Å². The summed E-state index contributed by atoms with van der Waals surface area (Å²) >= 11 is 0. The number of aromatic nitrogens is 2. The van der Waals surface area contributed by atoms with E-state index in [1.165, 1.54) is 19.3 Å². The van der Waals surface area contributed by atoms with Gasteiger partial charge in [-0.3, -0.25) is 0 Å². The molecule has 1 fully saturated rings. The first-order valence-corrected chi connectivity index (χ1v) is 6.54. The highest BCUT2D eigenvalue weighted by molar-refractivity contribution is 5.24. The molecule has 1 N–H and O–H groups in total. The van der Waals surface area contributed by atoms with Gasteiger partial charge in [-0.2, -0.15) is 0 Å². The van der Waals surface area contributed by atoms with Crippen molar-refractivity contribution in [3.63, 3.8) is 0 Å². The van der Waals surface area contributed by atoms with Gasteiger partial charge in [-0.25, -0.2) is 0 Å². The minimum Gasteiger partial charge on any atom is -0.407 e. The van der Waals surface area contributed by atoms with E-state index in [-0.39, 0.29) is 0 Å². The highest BCUT2D eigenvalue weighted by Gasteiger charge is 2.16. The molecule has 0 unspecified atom stereocenters. The van der Waals surface area contributed by atoms with E-state index in [1.807, 2.05) is 0 Å². The average molecular weight is 238 g/mol. The molecule has 5 nitrogen and oxygen atoms in total. The topological polar surface area (TPSA) is 54.2 Å². The molecular weight excluding hydrogens is 216 g/mol. The van der Waals surface area contributed by atoms with Gasteiger partial charge >= 0.3 is 6.01 Å². The zero-order valence-corrected chi connectivity index (χ0v) is 10.8. The maximum absolute atomic E-state index is 5.65. The molecule has 0 aromatic carbocycles. The van der Waals surface area contributed by atoms with Crippen molar-refractivity contribution < 1.29 is 4.42 Å². The van der Waals surface area contributed by atoms with E-state index in [1.54, 1.807) is 0 Å². The number of anilines is 1. The van der Waals surface area contributed by atoms with Crippen molar-refractivity contribution in [1.29, 1.82) is 0 Å². The van der Waals surface area contributed by atoms with E-state index in [4.69, 9.17) is 4.42 Å². The van der Waals surface area contributed by atoms with Gasteiger partial charge in [0.25, 0.3) is 0 Å². The van der Waals surface area contributed by atoms with Crippen molar-refractivity contribution in [2.75, 3.05) is 24.5 Å². The van der Waals surface area contributed by atoms with Crippen LogP contribution in [-0.4, -0.2) is 29.8 Å². The second-order valence-electron chi connectivity index (χ2n) is 5.05. The molecule has 0 atom stereocenters. The Balaban J connectivity index is 1.82. The lowest BCUT2D eigenvalue weighted by Gasteiger charge is -2.24. The van der Waals surface area contributed by atoms with E-state index in [9.17, 15) is 0 Å². The fourth-order valence-corrected chi connectivity index (χ4v) is 2.00. The van der Waals surface area contributed by atoms with Crippen LogP contribution in [-0.2, 0) is 6.54 Å². The van der Waals surface area contributed by atoms with E-state index in [2.05, 4.69) is 34.3 Å². The van der Waals surface area contributed by atoms with Gasteiger partial charge in [0, 0.05) is 13.1 Å². The Morgan fingerprint density at radius 1 is 1.24 bits per heavy atom. The minimum absolute atomic E-state index is 0.638. The van der Waals surface area contributed by atoms with Gasteiger partial charge < -0.3 is 14.6 Å². The van der Waals surface area contributed by atoms with E-state index in [0.29, 0.717) is 24.4 Å². The molecule has 1 aliphatic heterocycles. The van der Waals surface area contributed by atoms with Crippen molar-refractivity contribution in [3.05, 3.63) is 5.89 Å². The summed E-state index contributed by atoms with van der Waals surface area (Å²) in [6, 6.07) is 0.686. The van der Waals surface area contributed by atoms with Gasteiger partial charge in [-0.05, 0) is 31.7 Å². The zero-order valence-electron chi connectivity index (χ0n) is 10.8. The maximum Gasteiger partial charge on any atom is 0.318 e. The highest BCUT2D eigenvalue weighted by atomic mass is 16.4. The lowest BCUT2D eigenvalue weighted by atomic mass is 10.1. The standard InChI is InChI=1S/C12H22N4O/c1-10(2)8-13-9-11-14-15-12(17-11)16-6-4-3-5-7-16/h10,13H,3-9H2,1-2H3. The number of hydrogen-bond acceptors (Lipinski definition) is 5. The molecule has 2 heterocycles. The van der Waals surface area contributed by atoms with Crippen LogP contribution in [0, 0.1) is 5.92 Å². The zero-order chi connectivity index (χ0) is 12.1. The molecule has 0 aliphatic carbocycles. The van der Waals surface area contributed by atoms with Crippen LogP contribution in [0.25, 0.3) is 0 Å². The lowest BCUT2D eigenvalue weighted by Crippen LogP contribution is -2.29. The number of hydrogen-bond donors (Lipinski definition) is 1. The van der Waals surface area contributed by atoms with E-state index >= 15 is 0 Å². The molecule has 1 aromatic rings. The molecule has 1 aliphatic rings. The Bertz CT molecular complexity index is 331. The third-order valence-electron chi connectivity index (χ3n) is 2.91. The highest BCUT2D eigenvalue weighted by Crippen LogP contribution is 2.17. The Labute approximate surface area is 103 Å². The fraction of sp³-hybridized carbons (Fsp3) is 0.833. The first-order valence-electron chi connectivity index (χ1n) is 6.54. The van der Waals surface area contributed by atoms with Crippen LogP contribution in [0.5, 0.6) is 0 Å². The molecule has 0 spiro atoms. The first kappa shape index (κ1) is 12.4. The third-order valence-corrected chi connectivity index (χ3v) is 2.91. The Kier molecular flexibility index (Phi) is 4.36. The van der Waals surface area contributed by atoms with Gasteiger partial charge in [-0.1, -0.05) is 18.9 Å². The van der Waals surface area contributed by atoms with Crippen molar-refractivity contribution in [2.45, 2.75) is 39.7 Å². The predicted octanol–water partition coefficient (Wildman–Crippen LogP) is 1.81. The lowest BCUT2D eigenvalue weighted by molar-refractivity contribution is 0.436. The van der Waals surface area contributed by atoms with Crippen LogP contribution in [0.4, 0.5) is 6.01 Å². The van der Waals surface area contributed by atoms with Gasteiger partial charge in [0.15, 0.2) is 0 Å². The minimum atomic E-state index is 0.638. The van der Waals surface area contributed by atoms with Crippen LogP contribution in [0.3, 0.4) is 0 Å². The summed E-state index contributed by atoms with van der Waals surface area (Å²) in [7, 11) is 0. The Morgan fingerprint density at radius 3 is 2.71 bits per heavy atom. The van der Waals surface area contributed by atoms with Gasteiger partial charge in [0.05, 0.1) is 6.54 Å². The van der Waals surface area contributed by atoms with Crippen LogP contribution in [0.2, 0.25) is 0 Å². The monoisotopic (exact) mass is 238 g/mol. The average Bonchev–Trinajstić information content (AvgIpc) is 2.78. The predicted molar refractivity (Wildman–Crippen MR) is 66.9 cm³/mol. The van der Waals surface area contributed by atoms with E-state index < -0.39 is 0 Å². The Morgan fingerprint density at radius 2 is 2.00 bits per heavy atom. The van der Waals surface area contributed by atoms with Crippen LogP contribution in [0.1, 0.15) is 39.0 Å². The third kappa shape index (κ3) is 3.70. The molecule has 0 bridgehead atoms. The summed E-state index contributed by atoms with van der Waals surface area (Å²) in [5.74, 6) is 1.32. The summed E-state index contributed by atoms with van der Waals surface area (Å²) in [6.07, 6.45) is 3.76.